The van der Waals surface area contributed by atoms with Crippen LogP contribution in [-0.4, -0.2) is 30.0 Å². The Labute approximate surface area is 190 Å². The average molecular weight is 482 g/mol. The summed E-state index contributed by atoms with van der Waals surface area (Å²) in [4.78, 5) is 11.7. The van der Waals surface area contributed by atoms with Gasteiger partial charge in [0, 0.05) is 29.0 Å². The van der Waals surface area contributed by atoms with Crippen LogP contribution in [0.1, 0.15) is 31.7 Å². The third kappa shape index (κ3) is 4.16. The van der Waals surface area contributed by atoms with E-state index < -0.39 is 10.0 Å². The molecule has 0 radical (unpaired) electrons. The smallest absolute Gasteiger partial charge is 0.282 e. The number of benzene rings is 2. The van der Waals surface area contributed by atoms with E-state index in [0.29, 0.717) is 10.8 Å². The Hall–Kier alpha value is -1.81. The maximum absolute atomic E-state index is 11.9. The van der Waals surface area contributed by atoms with Crippen LogP contribution in [0.25, 0.3) is 0 Å². The van der Waals surface area contributed by atoms with Gasteiger partial charge in [0.2, 0.25) is 10.0 Å². The van der Waals surface area contributed by atoms with Crippen molar-refractivity contribution >= 4 is 44.8 Å². The van der Waals surface area contributed by atoms with E-state index in [0.717, 1.165) is 17.7 Å². The monoisotopic (exact) mass is 481 g/mol. The van der Waals surface area contributed by atoms with Gasteiger partial charge in [-0.25, -0.2) is 13.6 Å². The molecule has 0 aromatic heterocycles. The molecule has 1 saturated carbocycles. The van der Waals surface area contributed by atoms with E-state index in [2.05, 4.69) is 19.2 Å². The van der Waals surface area contributed by atoms with Crippen molar-refractivity contribution in [2.45, 2.75) is 52.6 Å². The van der Waals surface area contributed by atoms with Gasteiger partial charge >= 0.3 is 0 Å². The van der Waals surface area contributed by atoms with Crippen molar-refractivity contribution in [1.82, 2.24) is 0 Å². The van der Waals surface area contributed by atoms with Gasteiger partial charge in [-0.05, 0) is 48.1 Å². The molecule has 0 saturated heterocycles. The van der Waals surface area contributed by atoms with Crippen LogP contribution in [0, 0.1) is 22.0 Å². The predicted octanol–water partition coefficient (Wildman–Crippen LogP) is 4.56. The lowest BCUT2D eigenvalue weighted by molar-refractivity contribution is -0.387. The third-order valence-electron chi connectivity index (χ3n) is 6.22. The molecule has 5 atom stereocenters. The summed E-state index contributed by atoms with van der Waals surface area (Å²) in [6.07, 6.45) is 0.768. The molecular weight excluding hydrogens is 458 g/mol. The van der Waals surface area contributed by atoms with Crippen LogP contribution in [0.5, 0.6) is 0 Å². The SMILES string of the molecule is CC(C)[C@H]1Nc2ccc(S(N)(=O)=O)cc2[C@H]2[C@@H](Cl)[C@@H](Sc3ccccc3[N+](=O)[O-])C[C@H]21. The Morgan fingerprint density at radius 3 is 2.61 bits per heavy atom. The van der Waals surface area contributed by atoms with E-state index in [9.17, 15) is 18.5 Å². The summed E-state index contributed by atoms with van der Waals surface area (Å²) in [6.45, 7) is 4.29. The summed E-state index contributed by atoms with van der Waals surface area (Å²) < 4.78 is 23.9. The highest BCUT2D eigenvalue weighted by atomic mass is 35.5. The van der Waals surface area contributed by atoms with Gasteiger partial charge in [0.1, 0.15) is 0 Å². The molecule has 7 nitrogen and oxygen atoms in total. The number of para-hydroxylation sites is 1. The van der Waals surface area contributed by atoms with Gasteiger partial charge in [0.15, 0.2) is 0 Å². The zero-order valence-corrected chi connectivity index (χ0v) is 19.5. The molecule has 31 heavy (non-hydrogen) atoms. The number of nitro groups is 1. The molecule has 1 aliphatic carbocycles. The third-order valence-corrected chi connectivity index (χ3v) is 9.24. The highest BCUT2D eigenvalue weighted by Gasteiger charge is 2.50. The van der Waals surface area contributed by atoms with Crippen LogP contribution in [0.2, 0.25) is 0 Å². The molecule has 1 aliphatic heterocycles. The first-order valence-electron chi connectivity index (χ1n) is 10.1. The van der Waals surface area contributed by atoms with Crippen LogP contribution in [0.4, 0.5) is 11.4 Å². The molecule has 0 spiro atoms. The minimum Gasteiger partial charge on any atom is -0.382 e. The Kier molecular flexibility index (Phi) is 5.97. The number of fused-ring (bicyclic) bond motifs is 3. The average Bonchev–Trinajstić information content (AvgIpc) is 3.02. The summed E-state index contributed by atoms with van der Waals surface area (Å²) in [5, 5.41) is 20.0. The van der Waals surface area contributed by atoms with Crippen molar-refractivity contribution in [1.29, 1.82) is 0 Å². The van der Waals surface area contributed by atoms with Crippen molar-refractivity contribution < 1.29 is 13.3 Å². The molecule has 2 aliphatic rings. The van der Waals surface area contributed by atoms with Crippen molar-refractivity contribution in [2.24, 2.45) is 17.0 Å². The second kappa shape index (κ2) is 8.27. The summed E-state index contributed by atoms with van der Waals surface area (Å²) in [5.41, 5.74) is 1.79. The lowest BCUT2D eigenvalue weighted by atomic mass is 9.76. The van der Waals surface area contributed by atoms with E-state index in [1.807, 2.05) is 0 Å². The Bertz CT molecular complexity index is 1130. The van der Waals surface area contributed by atoms with Crippen LogP contribution in [-0.2, 0) is 10.0 Å². The fraction of sp³-hybridized carbons (Fsp3) is 0.429. The van der Waals surface area contributed by atoms with Gasteiger partial charge in [-0.3, -0.25) is 10.1 Å². The molecule has 0 amide bonds. The first-order valence-corrected chi connectivity index (χ1v) is 12.9. The van der Waals surface area contributed by atoms with Crippen LogP contribution < -0.4 is 10.5 Å². The molecule has 1 heterocycles. The van der Waals surface area contributed by atoms with Crippen molar-refractivity contribution in [2.75, 3.05) is 5.32 Å². The fourth-order valence-electron chi connectivity index (χ4n) is 4.84. The molecule has 0 bridgehead atoms. The van der Waals surface area contributed by atoms with Gasteiger partial charge in [-0.2, -0.15) is 0 Å². The quantitative estimate of drug-likeness (QED) is 0.367. The minimum absolute atomic E-state index is 0.0510. The maximum atomic E-state index is 11.9. The van der Waals surface area contributed by atoms with Gasteiger partial charge in [-0.1, -0.05) is 26.0 Å². The molecule has 0 unspecified atom stereocenters. The molecule has 2 aromatic rings. The lowest BCUT2D eigenvalue weighted by Gasteiger charge is -2.40. The molecule has 4 rings (SSSR count). The Morgan fingerprint density at radius 1 is 1.26 bits per heavy atom. The van der Waals surface area contributed by atoms with Crippen molar-refractivity contribution in [3.8, 4) is 0 Å². The lowest BCUT2D eigenvalue weighted by Crippen LogP contribution is -2.40. The number of nitrogens with zero attached hydrogens (tertiary/aromatic N) is 1. The van der Waals surface area contributed by atoms with Gasteiger partial charge in [-0.15, -0.1) is 23.4 Å². The van der Waals surface area contributed by atoms with Gasteiger partial charge < -0.3 is 5.32 Å². The molecule has 166 valence electrons. The number of alkyl halides is 1. The highest BCUT2D eigenvalue weighted by Crippen LogP contribution is 2.56. The predicted molar refractivity (Wildman–Crippen MR) is 123 cm³/mol. The van der Waals surface area contributed by atoms with Crippen molar-refractivity contribution in [3.05, 3.63) is 58.1 Å². The van der Waals surface area contributed by atoms with E-state index in [1.165, 1.54) is 23.9 Å². The highest BCUT2D eigenvalue weighted by molar-refractivity contribution is 8.00. The second-order valence-corrected chi connectivity index (χ2v) is 11.8. The standard InChI is InChI=1S/C21H24ClN3O4S2/c1-11(2)21-14-10-18(30-17-6-4-3-5-16(17)25(26)27)20(22)19(14)13-9-12(31(23,28)29)7-8-15(13)24-21/h3-9,11,14,18-21,24H,10H2,1-2H3,(H2,23,28,29)/t14-,18+,19-,20+,21-/m1/s1. The number of sulfonamides is 1. The largest absolute Gasteiger partial charge is 0.382 e. The maximum Gasteiger partial charge on any atom is 0.282 e. The van der Waals surface area contributed by atoms with Crippen LogP contribution >= 0.6 is 23.4 Å². The van der Waals surface area contributed by atoms with E-state index >= 15 is 0 Å². The minimum atomic E-state index is -3.84. The normalized spacial score (nSPS) is 27.5. The molecule has 1 fully saturated rings. The van der Waals surface area contributed by atoms with Gasteiger partial charge in [0.05, 0.1) is 20.1 Å². The number of anilines is 1. The zero-order valence-electron chi connectivity index (χ0n) is 17.1. The first-order chi connectivity index (χ1) is 14.6. The summed E-state index contributed by atoms with van der Waals surface area (Å²) in [7, 11) is -3.84. The summed E-state index contributed by atoms with van der Waals surface area (Å²) in [5.74, 6) is 0.426. The Balaban J connectivity index is 1.73. The number of nitrogens with two attached hydrogens (primary N) is 1. The van der Waals surface area contributed by atoms with E-state index in [1.54, 1.807) is 30.3 Å². The number of hydrogen-bond donors (Lipinski definition) is 2. The molecular formula is C21H24ClN3O4S2. The van der Waals surface area contributed by atoms with Gasteiger partial charge in [0.25, 0.3) is 5.69 Å². The van der Waals surface area contributed by atoms with Crippen LogP contribution in [0.3, 0.4) is 0 Å². The Morgan fingerprint density at radius 2 is 1.97 bits per heavy atom. The van der Waals surface area contributed by atoms with E-state index in [-0.39, 0.29) is 44.0 Å². The number of halogens is 1. The number of nitro benzene ring substituents is 1. The molecule has 3 N–H and O–H groups in total. The number of thioether (sulfide) groups is 1. The summed E-state index contributed by atoms with van der Waals surface area (Å²) >= 11 is 8.43. The summed E-state index contributed by atoms with van der Waals surface area (Å²) in [6, 6.07) is 11.7. The molecule has 2 aromatic carbocycles. The second-order valence-electron chi connectivity index (χ2n) is 8.46. The number of nitrogens with one attached hydrogen (secondary N) is 1. The zero-order chi connectivity index (χ0) is 22.5. The first kappa shape index (κ1) is 22.4. The fourth-order valence-corrected chi connectivity index (χ4v) is 7.33. The van der Waals surface area contributed by atoms with Crippen molar-refractivity contribution in [3.63, 3.8) is 0 Å². The van der Waals surface area contributed by atoms with Crippen LogP contribution in [0.15, 0.2) is 52.3 Å². The van der Waals surface area contributed by atoms with E-state index in [4.69, 9.17) is 16.7 Å². The number of rotatable bonds is 5. The number of primary sulfonamides is 1. The molecule has 10 heteroatoms. The number of hydrogen-bond acceptors (Lipinski definition) is 6. The topological polar surface area (TPSA) is 115 Å².